The number of nitrogens with two attached hydrogens (primary N) is 1. The number of nitrogens with zero attached hydrogens (tertiary/aromatic N) is 1. The number of nitrogens with one attached hydrogen (secondary N) is 1. The Bertz CT molecular complexity index is 509. The number of hydrogen-bond donors (Lipinski definition) is 2. The van der Waals surface area contributed by atoms with Gasteiger partial charge in [-0.2, -0.15) is 0 Å². The van der Waals surface area contributed by atoms with Crippen LogP contribution in [0.2, 0.25) is 0 Å². The van der Waals surface area contributed by atoms with Gasteiger partial charge in [0.25, 0.3) is 10.0 Å². The fourth-order valence-electron chi connectivity index (χ4n) is 2.07. The zero-order valence-corrected chi connectivity index (χ0v) is 12.2. The molecule has 0 bridgehead atoms. The van der Waals surface area contributed by atoms with E-state index in [1.54, 1.807) is 6.07 Å². The van der Waals surface area contributed by atoms with Gasteiger partial charge < -0.3 is 14.5 Å². The fourth-order valence-corrected chi connectivity index (χ4v) is 2.55. The lowest BCUT2D eigenvalue weighted by Gasteiger charge is -2.26. The number of ether oxygens (including phenoxy) is 1. The van der Waals surface area contributed by atoms with E-state index in [1.165, 1.54) is 6.07 Å². The summed E-state index contributed by atoms with van der Waals surface area (Å²) in [7, 11) is -3.74. The smallest absolute Gasteiger partial charge is 0.271 e. The van der Waals surface area contributed by atoms with Crippen LogP contribution in [0.5, 0.6) is 0 Å². The van der Waals surface area contributed by atoms with Crippen LogP contribution >= 0.6 is 0 Å². The van der Waals surface area contributed by atoms with E-state index in [4.69, 9.17) is 14.3 Å². The van der Waals surface area contributed by atoms with Gasteiger partial charge in [0.2, 0.25) is 5.09 Å². The van der Waals surface area contributed by atoms with Crippen molar-refractivity contribution >= 4 is 10.0 Å². The molecule has 7 nitrogen and oxygen atoms in total. The van der Waals surface area contributed by atoms with Gasteiger partial charge in [-0.3, -0.25) is 4.90 Å². The van der Waals surface area contributed by atoms with Gasteiger partial charge in [-0.1, -0.05) is 0 Å². The fraction of sp³-hybridized carbons (Fsp3) is 0.667. The minimum Gasteiger partial charge on any atom is -0.447 e. The minimum absolute atomic E-state index is 0.192. The van der Waals surface area contributed by atoms with Crippen LogP contribution in [0, 0.1) is 0 Å². The van der Waals surface area contributed by atoms with E-state index in [2.05, 4.69) is 10.2 Å². The molecule has 3 N–H and O–H groups in total. The van der Waals surface area contributed by atoms with Crippen molar-refractivity contribution in [1.82, 2.24) is 10.2 Å². The molecule has 1 aromatic rings. The standard InChI is InChI=1S/C12H21N3O4S/c13-20(16,17)12-3-2-11(19-12)10-14-4-1-5-15-6-8-18-9-7-15/h2-3,14H,1,4-10H2,(H2,13,16,17). The molecule has 0 atom stereocenters. The maximum atomic E-state index is 11.0. The van der Waals surface area contributed by atoms with Gasteiger partial charge in [0.15, 0.2) is 0 Å². The Morgan fingerprint density at radius 2 is 2.05 bits per heavy atom. The number of rotatable bonds is 7. The first-order valence-electron chi connectivity index (χ1n) is 6.68. The molecule has 1 fully saturated rings. The molecule has 1 aromatic heterocycles. The quantitative estimate of drug-likeness (QED) is 0.674. The highest BCUT2D eigenvalue weighted by Crippen LogP contribution is 2.11. The van der Waals surface area contributed by atoms with Crippen LogP contribution in [0.4, 0.5) is 0 Å². The van der Waals surface area contributed by atoms with E-state index < -0.39 is 10.0 Å². The molecule has 1 aliphatic heterocycles. The van der Waals surface area contributed by atoms with Gasteiger partial charge in [-0.25, -0.2) is 13.6 Å². The van der Waals surface area contributed by atoms with Gasteiger partial charge in [0.1, 0.15) is 5.76 Å². The van der Waals surface area contributed by atoms with E-state index in [1.807, 2.05) is 0 Å². The molecule has 8 heteroatoms. The summed E-state index contributed by atoms with van der Waals surface area (Å²) in [6.45, 7) is 6.01. The van der Waals surface area contributed by atoms with E-state index in [9.17, 15) is 8.42 Å². The minimum atomic E-state index is -3.74. The third-order valence-electron chi connectivity index (χ3n) is 3.15. The molecule has 2 heterocycles. The summed E-state index contributed by atoms with van der Waals surface area (Å²) in [5.41, 5.74) is 0. The average Bonchev–Trinajstić information content (AvgIpc) is 2.88. The Hall–Kier alpha value is -0.930. The van der Waals surface area contributed by atoms with Gasteiger partial charge in [0.05, 0.1) is 19.8 Å². The molecule has 114 valence electrons. The van der Waals surface area contributed by atoms with Crippen molar-refractivity contribution in [2.45, 2.75) is 18.1 Å². The largest absolute Gasteiger partial charge is 0.447 e. The molecule has 0 unspecified atom stereocenters. The van der Waals surface area contributed by atoms with Crippen LogP contribution in [0.1, 0.15) is 12.2 Å². The van der Waals surface area contributed by atoms with E-state index in [0.717, 1.165) is 45.8 Å². The third kappa shape index (κ3) is 4.88. The van der Waals surface area contributed by atoms with Crippen molar-refractivity contribution in [3.63, 3.8) is 0 Å². The summed E-state index contributed by atoms with van der Waals surface area (Å²) >= 11 is 0. The first-order valence-corrected chi connectivity index (χ1v) is 8.23. The monoisotopic (exact) mass is 303 g/mol. The van der Waals surface area contributed by atoms with Crippen molar-refractivity contribution in [1.29, 1.82) is 0 Å². The number of hydrogen-bond acceptors (Lipinski definition) is 6. The van der Waals surface area contributed by atoms with Crippen LogP contribution in [0.3, 0.4) is 0 Å². The first-order chi connectivity index (χ1) is 9.55. The lowest BCUT2D eigenvalue weighted by atomic mass is 10.3. The predicted molar refractivity (Wildman–Crippen MR) is 73.7 cm³/mol. The normalized spacial score (nSPS) is 17.4. The van der Waals surface area contributed by atoms with Crippen LogP contribution in [0.15, 0.2) is 21.6 Å². The van der Waals surface area contributed by atoms with Crippen molar-refractivity contribution in [3.8, 4) is 0 Å². The Morgan fingerprint density at radius 1 is 1.30 bits per heavy atom. The second-order valence-corrected chi connectivity index (χ2v) is 6.24. The molecule has 1 saturated heterocycles. The van der Waals surface area contributed by atoms with Crippen LogP contribution in [0.25, 0.3) is 0 Å². The second kappa shape index (κ2) is 7.19. The Morgan fingerprint density at radius 3 is 2.70 bits per heavy atom. The van der Waals surface area contributed by atoms with Gasteiger partial charge in [-0.05, 0) is 31.6 Å². The Balaban J connectivity index is 1.62. The van der Waals surface area contributed by atoms with Gasteiger partial charge in [-0.15, -0.1) is 0 Å². The zero-order valence-electron chi connectivity index (χ0n) is 11.4. The van der Waals surface area contributed by atoms with Gasteiger partial charge in [0, 0.05) is 13.1 Å². The summed E-state index contributed by atoms with van der Waals surface area (Å²) in [6, 6.07) is 2.99. The lowest BCUT2D eigenvalue weighted by molar-refractivity contribution is 0.0374. The predicted octanol–water partition coefficient (Wildman–Crippen LogP) is -0.261. The lowest BCUT2D eigenvalue weighted by Crippen LogP contribution is -2.37. The first kappa shape index (κ1) is 15.5. The highest BCUT2D eigenvalue weighted by Gasteiger charge is 2.13. The molecule has 0 saturated carbocycles. The summed E-state index contributed by atoms with van der Waals surface area (Å²) in [5.74, 6) is 0.570. The van der Waals surface area contributed by atoms with Crippen LogP contribution < -0.4 is 10.5 Å². The Kier molecular flexibility index (Phi) is 5.55. The highest BCUT2D eigenvalue weighted by atomic mass is 32.2. The van der Waals surface area contributed by atoms with E-state index >= 15 is 0 Å². The van der Waals surface area contributed by atoms with Crippen molar-refractivity contribution in [3.05, 3.63) is 17.9 Å². The molecule has 2 rings (SSSR count). The molecule has 1 aliphatic rings. The van der Waals surface area contributed by atoms with Crippen LogP contribution in [-0.2, 0) is 21.3 Å². The maximum absolute atomic E-state index is 11.0. The average molecular weight is 303 g/mol. The van der Waals surface area contributed by atoms with Crippen molar-refractivity contribution < 1.29 is 17.6 Å². The number of furan rings is 1. The topological polar surface area (TPSA) is 97.8 Å². The summed E-state index contributed by atoms with van der Waals surface area (Å²) in [6.07, 6.45) is 1.03. The highest BCUT2D eigenvalue weighted by molar-refractivity contribution is 7.89. The summed E-state index contributed by atoms with van der Waals surface area (Å²) < 4.78 is 32.5. The molecular formula is C12H21N3O4S. The molecular weight excluding hydrogens is 282 g/mol. The van der Waals surface area contributed by atoms with E-state index in [0.29, 0.717) is 12.3 Å². The molecule has 0 amide bonds. The second-order valence-electron chi connectivity index (χ2n) is 4.75. The number of sulfonamides is 1. The Labute approximate surface area is 119 Å². The molecule has 0 aliphatic carbocycles. The number of primary sulfonamides is 1. The molecule has 0 spiro atoms. The summed E-state index contributed by atoms with van der Waals surface area (Å²) in [5, 5.41) is 8.00. The number of morpholine rings is 1. The maximum Gasteiger partial charge on any atom is 0.271 e. The van der Waals surface area contributed by atoms with Crippen LogP contribution in [-0.4, -0.2) is 52.7 Å². The van der Waals surface area contributed by atoms with E-state index in [-0.39, 0.29) is 5.09 Å². The molecule has 20 heavy (non-hydrogen) atoms. The SMILES string of the molecule is NS(=O)(=O)c1ccc(CNCCCN2CCOCC2)o1. The molecule has 0 aromatic carbocycles. The van der Waals surface area contributed by atoms with Crippen molar-refractivity contribution in [2.75, 3.05) is 39.4 Å². The van der Waals surface area contributed by atoms with Gasteiger partial charge >= 0.3 is 0 Å². The third-order valence-corrected chi connectivity index (χ3v) is 3.93. The zero-order chi connectivity index (χ0) is 14.4. The van der Waals surface area contributed by atoms with Crippen molar-refractivity contribution in [2.24, 2.45) is 5.14 Å². The molecule has 0 radical (unpaired) electrons. The summed E-state index contributed by atoms with van der Waals surface area (Å²) in [4.78, 5) is 2.37.